The number of nitrogens with one attached hydrogen (secondary N) is 1. The molecule has 1 N–H and O–H groups in total. The lowest BCUT2D eigenvalue weighted by atomic mass is 9.89. The lowest BCUT2D eigenvalue weighted by Crippen LogP contribution is -2.41. The van der Waals surface area contributed by atoms with Crippen molar-refractivity contribution >= 4 is 6.09 Å². The highest BCUT2D eigenvalue weighted by Crippen LogP contribution is 2.30. The largest absolute Gasteiger partial charge is 0.444 e. The number of carbonyl (C=O) groups is 1. The van der Waals surface area contributed by atoms with E-state index in [4.69, 9.17) is 4.74 Å². The number of rotatable bonds is 12. The Bertz CT molecular complexity index is 958. The number of unbranched alkanes of at least 4 members (excludes halogenated alkanes) is 2. The zero-order chi connectivity index (χ0) is 28.1. The second-order valence-corrected chi connectivity index (χ2v) is 11.4. The van der Waals surface area contributed by atoms with Crippen molar-refractivity contribution < 1.29 is 14.5 Å². The third-order valence-electron chi connectivity index (χ3n) is 6.75. The Balaban J connectivity index is 2.19. The number of piperidine rings is 1. The van der Waals surface area contributed by atoms with Crippen LogP contribution in [0.1, 0.15) is 106 Å². The van der Waals surface area contributed by atoms with Crippen LogP contribution in [0.25, 0.3) is 0 Å². The van der Waals surface area contributed by atoms with Crippen molar-refractivity contribution in [1.82, 2.24) is 10.2 Å². The molecule has 7 heteroatoms. The average molecular weight is 528 g/mol. The third kappa shape index (κ3) is 10.9. The highest BCUT2D eigenvalue weighted by molar-refractivity contribution is 5.68. The number of amides is 1. The number of likely N-dealkylation sites (tertiary alicyclic amines) is 1. The molecule has 2 aliphatic rings. The fourth-order valence-corrected chi connectivity index (χ4v) is 4.77. The summed E-state index contributed by atoms with van der Waals surface area (Å²) in [5, 5.41) is 15.4. The van der Waals surface area contributed by atoms with Gasteiger partial charge in [0, 0.05) is 25.2 Å². The van der Waals surface area contributed by atoms with E-state index in [0.717, 1.165) is 57.1 Å². The van der Waals surface area contributed by atoms with Crippen molar-refractivity contribution in [1.29, 1.82) is 0 Å². The van der Waals surface area contributed by atoms with E-state index in [1.54, 1.807) is 6.08 Å². The van der Waals surface area contributed by atoms with Gasteiger partial charge in [0.1, 0.15) is 11.3 Å². The van der Waals surface area contributed by atoms with Gasteiger partial charge in [0.2, 0.25) is 0 Å². The summed E-state index contributed by atoms with van der Waals surface area (Å²) in [7, 11) is 0. The van der Waals surface area contributed by atoms with Crippen LogP contribution in [0, 0.1) is 16.0 Å². The summed E-state index contributed by atoms with van der Waals surface area (Å²) in [6, 6.07) is 0. The molecule has 0 radical (unpaired) electrons. The molecule has 0 aromatic rings. The second-order valence-electron chi connectivity index (χ2n) is 11.4. The highest BCUT2D eigenvalue weighted by Gasteiger charge is 2.27. The number of hydrogen-bond acceptors (Lipinski definition) is 5. The zero-order valence-electron chi connectivity index (χ0n) is 24.5. The third-order valence-corrected chi connectivity index (χ3v) is 6.75. The molecular weight excluding hydrogens is 478 g/mol. The minimum absolute atomic E-state index is 0.151. The Morgan fingerprint density at radius 1 is 1.16 bits per heavy atom. The van der Waals surface area contributed by atoms with Gasteiger partial charge in [-0.2, -0.15) is 0 Å². The molecule has 1 heterocycles. The van der Waals surface area contributed by atoms with Crippen LogP contribution < -0.4 is 5.32 Å². The van der Waals surface area contributed by atoms with E-state index in [9.17, 15) is 14.9 Å². The molecule has 0 unspecified atom stereocenters. The predicted molar refractivity (Wildman–Crippen MR) is 155 cm³/mol. The number of nitrogens with zero attached hydrogens (tertiary/aromatic N) is 2. The van der Waals surface area contributed by atoms with Gasteiger partial charge in [-0.15, -0.1) is 0 Å². The van der Waals surface area contributed by atoms with Crippen LogP contribution in [0.15, 0.2) is 58.6 Å². The number of nitro groups is 1. The van der Waals surface area contributed by atoms with Crippen LogP contribution in [0.5, 0.6) is 0 Å². The van der Waals surface area contributed by atoms with E-state index in [0.29, 0.717) is 37.5 Å². The fourth-order valence-electron chi connectivity index (χ4n) is 4.77. The first-order chi connectivity index (χ1) is 18.1. The van der Waals surface area contributed by atoms with Crippen LogP contribution >= 0.6 is 0 Å². The predicted octanol–water partition coefficient (Wildman–Crippen LogP) is 8.20. The van der Waals surface area contributed by atoms with Crippen LogP contribution in [-0.2, 0) is 4.74 Å². The Morgan fingerprint density at radius 3 is 2.45 bits per heavy atom. The lowest BCUT2D eigenvalue weighted by Gasteiger charge is -2.33. The molecule has 1 saturated heterocycles. The van der Waals surface area contributed by atoms with Gasteiger partial charge in [0.15, 0.2) is 0 Å². The van der Waals surface area contributed by atoms with Gasteiger partial charge in [-0.05, 0) is 89.4 Å². The maximum Gasteiger partial charge on any atom is 0.410 e. The summed E-state index contributed by atoms with van der Waals surface area (Å²) >= 11 is 0. The van der Waals surface area contributed by atoms with Gasteiger partial charge in [-0.25, -0.2) is 4.79 Å². The minimum atomic E-state index is -0.485. The SMILES string of the molecule is CC/C=C(NC1=CC(CC2CCN(C(=O)OC(C)(C)C)CC2)=CC=C(CCCC)C1)\C(=C/CCC)[N+](=O)[O-]. The molecule has 0 atom stereocenters. The molecule has 1 aliphatic heterocycles. The molecular formula is C31H49N3O4. The smallest absolute Gasteiger partial charge is 0.410 e. The van der Waals surface area contributed by atoms with Crippen molar-refractivity contribution in [2.75, 3.05) is 13.1 Å². The van der Waals surface area contributed by atoms with E-state index in [1.165, 1.54) is 11.1 Å². The average Bonchev–Trinajstić information content (AvgIpc) is 3.03. The first-order valence-electron chi connectivity index (χ1n) is 14.4. The van der Waals surface area contributed by atoms with Crippen molar-refractivity contribution in [2.24, 2.45) is 5.92 Å². The van der Waals surface area contributed by atoms with Crippen molar-refractivity contribution in [3.63, 3.8) is 0 Å². The molecule has 1 amide bonds. The number of carbonyl (C=O) groups excluding carboxylic acids is 1. The van der Waals surface area contributed by atoms with Crippen LogP contribution in [0.4, 0.5) is 4.79 Å². The molecule has 1 aliphatic carbocycles. The first kappa shape index (κ1) is 31.4. The van der Waals surface area contributed by atoms with Gasteiger partial charge in [0.25, 0.3) is 5.70 Å². The molecule has 0 bridgehead atoms. The summed E-state index contributed by atoms with van der Waals surface area (Å²) < 4.78 is 5.55. The molecule has 0 saturated carbocycles. The Morgan fingerprint density at radius 2 is 1.87 bits per heavy atom. The molecule has 212 valence electrons. The summed E-state index contributed by atoms with van der Waals surface area (Å²) in [5.74, 6) is 0.479. The normalized spacial score (nSPS) is 17.8. The molecule has 0 aromatic heterocycles. The van der Waals surface area contributed by atoms with Gasteiger partial charge in [0.05, 0.1) is 4.92 Å². The topological polar surface area (TPSA) is 84.7 Å². The molecule has 38 heavy (non-hydrogen) atoms. The van der Waals surface area contributed by atoms with Crippen LogP contribution in [0.2, 0.25) is 0 Å². The molecule has 1 fully saturated rings. The van der Waals surface area contributed by atoms with E-state index < -0.39 is 5.60 Å². The number of allylic oxidation sites excluding steroid dienone is 7. The first-order valence-corrected chi connectivity index (χ1v) is 14.4. The number of ether oxygens (including phenoxy) is 1. The van der Waals surface area contributed by atoms with Crippen molar-refractivity contribution in [2.45, 2.75) is 111 Å². The van der Waals surface area contributed by atoms with Crippen molar-refractivity contribution in [3.05, 3.63) is 68.7 Å². The van der Waals surface area contributed by atoms with Gasteiger partial charge >= 0.3 is 6.09 Å². The Kier molecular flexibility index (Phi) is 12.8. The van der Waals surface area contributed by atoms with E-state index in [1.807, 2.05) is 45.6 Å². The van der Waals surface area contributed by atoms with Gasteiger partial charge < -0.3 is 15.0 Å². The minimum Gasteiger partial charge on any atom is -0.444 e. The second kappa shape index (κ2) is 15.6. The fraction of sp³-hybridized carbons (Fsp3) is 0.645. The molecule has 7 nitrogen and oxygen atoms in total. The summed E-state index contributed by atoms with van der Waals surface area (Å²) in [6.45, 7) is 13.3. The van der Waals surface area contributed by atoms with E-state index in [-0.39, 0.29) is 16.7 Å². The standard InChI is InChI=1S/C31H49N3O4/c1-7-10-13-24-15-16-26(21-25-17-19-33(20-18-25)30(35)38-31(4,5)6)23-27(22-24)32-28(12-9-3)29(34(36)37)14-11-8-2/h12,14-16,23,25,32H,7-11,13,17-22H2,1-6H3/b28-12+,29-14+. The Labute approximate surface area is 229 Å². The number of hydrogen-bond donors (Lipinski definition) is 1. The van der Waals surface area contributed by atoms with Gasteiger partial charge in [-0.3, -0.25) is 10.1 Å². The van der Waals surface area contributed by atoms with Crippen LogP contribution in [0.3, 0.4) is 0 Å². The monoisotopic (exact) mass is 527 g/mol. The maximum atomic E-state index is 12.5. The highest BCUT2D eigenvalue weighted by atomic mass is 16.6. The molecule has 0 spiro atoms. The quantitative estimate of drug-likeness (QED) is 0.157. The molecule has 2 rings (SSSR count). The summed E-state index contributed by atoms with van der Waals surface area (Å²) in [5.41, 5.74) is 3.83. The summed E-state index contributed by atoms with van der Waals surface area (Å²) in [6.07, 6.45) is 19.2. The maximum absolute atomic E-state index is 12.5. The van der Waals surface area contributed by atoms with E-state index in [2.05, 4.69) is 30.5 Å². The van der Waals surface area contributed by atoms with Crippen molar-refractivity contribution in [3.8, 4) is 0 Å². The van der Waals surface area contributed by atoms with E-state index >= 15 is 0 Å². The molecule has 0 aromatic carbocycles. The Hall–Kier alpha value is -2.83. The lowest BCUT2D eigenvalue weighted by molar-refractivity contribution is -0.421. The zero-order valence-corrected chi connectivity index (χ0v) is 24.5. The van der Waals surface area contributed by atoms with Crippen LogP contribution in [-0.4, -0.2) is 34.6 Å². The van der Waals surface area contributed by atoms with Gasteiger partial charge in [-0.1, -0.05) is 57.4 Å². The summed E-state index contributed by atoms with van der Waals surface area (Å²) in [4.78, 5) is 25.9.